The van der Waals surface area contributed by atoms with Gasteiger partial charge in [0.15, 0.2) is 4.77 Å². The van der Waals surface area contributed by atoms with Crippen molar-refractivity contribution in [3.63, 3.8) is 0 Å². The number of nitrogens with zero attached hydrogens (tertiary/aromatic N) is 1. The third-order valence-corrected chi connectivity index (χ3v) is 7.75. The van der Waals surface area contributed by atoms with E-state index < -0.39 is 6.17 Å². The van der Waals surface area contributed by atoms with Crippen LogP contribution in [0.2, 0.25) is 0 Å². The molecule has 0 amide bonds. The van der Waals surface area contributed by atoms with Crippen LogP contribution in [0.4, 0.5) is 4.39 Å². The third-order valence-electron chi connectivity index (χ3n) is 6.95. The zero-order chi connectivity index (χ0) is 18.3. The van der Waals surface area contributed by atoms with Crippen molar-refractivity contribution >= 4 is 23.8 Å². The summed E-state index contributed by atoms with van der Waals surface area (Å²) in [6.07, 6.45) is 9.38. The lowest BCUT2D eigenvalue weighted by atomic mass is 9.72. The quantitative estimate of drug-likeness (QED) is 0.510. The van der Waals surface area contributed by atoms with E-state index in [9.17, 15) is 4.39 Å². The lowest BCUT2D eigenvalue weighted by Gasteiger charge is -2.39. The van der Waals surface area contributed by atoms with Crippen LogP contribution in [0, 0.1) is 10.7 Å². The zero-order valence-electron chi connectivity index (χ0n) is 15.6. The fraction of sp³-hybridized carbons (Fsp3) is 0.850. The van der Waals surface area contributed by atoms with E-state index in [-0.39, 0.29) is 11.5 Å². The van der Waals surface area contributed by atoms with Crippen LogP contribution >= 0.6 is 23.8 Å². The highest BCUT2D eigenvalue weighted by Crippen LogP contribution is 2.46. The molecule has 6 heteroatoms. The van der Waals surface area contributed by atoms with Crippen LogP contribution in [0.3, 0.4) is 0 Å². The Morgan fingerprint density at radius 1 is 1.15 bits per heavy atom. The van der Waals surface area contributed by atoms with Crippen molar-refractivity contribution in [3.8, 4) is 0 Å². The lowest BCUT2D eigenvalue weighted by molar-refractivity contribution is 0.0458. The molecular formula is C20H30ClFN2OS. The predicted octanol–water partition coefficient (Wildman–Crippen LogP) is 5.84. The molecule has 26 heavy (non-hydrogen) atoms. The van der Waals surface area contributed by atoms with Crippen LogP contribution in [0.15, 0.2) is 0 Å². The average Bonchev–Trinajstić information content (AvgIpc) is 2.99. The molecule has 0 bridgehead atoms. The molecule has 0 aromatic carbocycles. The van der Waals surface area contributed by atoms with Gasteiger partial charge < -0.3 is 14.3 Å². The van der Waals surface area contributed by atoms with Gasteiger partial charge in [-0.15, -0.1) is 11.6 Å². The molecule has 4 rings (SSSR count). The van der Waals surface area contributed by atoms with Crippen LogP contribution in [-0.4, -0.2) is 34.3 Å². The van der Waals surface area contributed by atoms with Gasteiger partial charge in [0.25, 0.3) is 0 Å². The number of hydrogen-bond donors (Lipinski definition) is 1. The number of aromatic nitrogens is 2. The molecular weight excluding hydrogens is 371 g/mol. The highest BCUT2D eigenvalue weighted by molar-refractivity contribution is 7.71. The maximum Gasteiger partial charge on any atom is 0.177 e. The Bertz CT molecular complexity index is 682. The van der Waals surface area contributed by atoms with Crippen LogP contribution in [0.5, 0.6) is 0 Å². The first kappa shape index (κ1) is 18.9. The second-order valence-corrected chi connectivity index (χ2v) is 9.38. The Morgan fingerprint density at radius 2 is 1.92 bits per heavy atom. The molecule has 4 unspecified atom stereocenters. The summed E-state index contributed by atoms with van der Waals surface area (Å²) in [5.41, 5.74) is 2.76. The van der Waals surface area contributed by atoms with Crippen molar-refractivity contribution in [2.24, 2.45) is 5.92 Å². The molecule has 3 aliphatic rings. The van der Waals surface area contributed by atoms with E-state index >= 15 is 0 Å². The summed E-state index contributed by atoms with van der Waals surface area (Å²) in [7, 11) is 1.78. The van der Waals surface area contributed by atoms with Gasteiger partial charge in [-0.05, 0) is 82.3 Å². The number of nitrogens with one attached hydrogen (secondary N) is 1. The molecule has 2 fully saturated rings. The summed E-state index contributed by atoms with van der Waals surface area (Å²) in [5.74, 6) is 1.12. The van der Waals surface area contributed by atoms with Gasteiger partial charge in [0.2, 0.25) is 0 Å². The van der Waals surface area contributed by atoms with Gasteiger partial charge >= 0.3 is 0 Å². The summed E-state index contributed by atoms with van der Waals surface area (Å²) in [6, 6.07) is 0.359. The number of rotatable bonds is 3. The first-order valence-electron chi connectivity index (χ1n) is 10.2. The first-order valence-corrected chi connectivity index (χ1v) is 11.1. The van der Waals surface area contributed by atoms with Crippen LogP contribution in [0.1, 0.15) is 81.1 Å². The van der Waals surface area contributed by atoms with E-state index in [4.69, 9.17) is 28.6 Å². The maximum absolute atomic E-state index is 13.7. The molecule has 0 saturated heterocycles. The zero-order valence-corrected chi connectivity index (χ0v) is 17.1. The number of ether oxygens (including phenoxy) is 1. The number of alkyl halides is 2. The van der Waals surface area contributed by atoms with Crippen molar-refractivity contribution in [1.82, 2.24) is 9.55 Å². The predicted molar refractivity (Wildman–Crippen MR) is 105 cm³/mol. The summed E-state index contributed by atoms with van der Waals surface area (Å²) < 4.78 is 22.6. The van der Waals surface area contributed by atoms with Gasteiger partial charge in [0.1, 0.15) is 6.17 Å². The van der Waals surface area contributed by atoms with E-state index in [2.05, 4.69) is 9.55 Å². The van der Waals surface area contributed by atoms with Gasteiger partial charge in [0, 0.05) is 30.5 Å². The van der Waals surface area contributed by atoms with Gasteiger partial charge in [-0.3, -0.25) is 0 Å². The summed E-state index contributed by atoms with van der Waals surface area (Å²) in [5, 5.41) is 0.131. The molecule has 3 nitrogen and oxygen atoms in total. The summed E-state index contributed by atoms with van der Waals surface area (Å²) in [6.45, 7) is 0. The van der Waals surface area contributed by atoms with Crippen molar-refractivity contribution in [3.05, 3.63) is 16.2 Å². The minimum atomic E-state index is -0.632. The molecule has 1 aromatic rings. The van der Waals surface area contributed by atoms with E-state index in [1.165, 1.54) is 24.2 Å². The van der Waals surface area contributed by atoms with Crippen molar-refractivity contribution in [2.75, 3.05) is 7.11 Å². The van der Waals surface area contributed by atoms with Gasteiger partial charge in [-0.2, -0.15) is 0 Å². The number of aromatic amines is 1. The van der Waals surface area contributed by atoms with Crippen LogP contribution < -0.4 is 0 Å². The largest absolute Gasteiger partial charge is 0.380 e. The number of halogens is 2. The standard InChI is InChI=1S/C20H30ClFN2OS/c1-25-18-11-12(5-10-16(18)21)15-3-2-4-17-19(15)24(20(26)23-17)14-8-6-13(22)7-9-14/h12-16,18H,2-11H2,1H3,(H,23,26). The Labute approximate surface area is 165 Å². The minimum Gasteiger partial charge on any atom is -0.380 e. The minimum absolute atomic E-state index is 0.131. The third kappa shape index (κ3) is 3.51. The van der Waals surface area contributed by atoms with Crippen LogP contribution in [-0.2, 0) is 11.2 Å². The fourth-order valence-corrected chi connectivity index (χ4v) is 6.29. The Morgan fingerprint density at radius 3 is 2.65 bits per heavy atom. The van der Waals surface area contributed by atoms with Crippen molar-refractivity contribution in [2.45, 2.75) is 93.8 Å². The molecule has 1 aromatic heterocycles. The Kier molecular flexibility index (Phi) is 5.77. The molecule has 4 atom stereocenters. The fourth-order valence-electron chi connectivity index (χ4n) is 5.58. The molecule has 0 spiro atoms. The molecule has 2 saturated carbocycles. The number of imidazole rings is 1. The van der Waals surface area contributed by atoms with Crippen molar-refractivity contribution < 1.29 is 9.13 Å². The van der Waals surface area contributed by atoms with Gasteiger partial charge in [0.05, 0.1) is 11.5 Å². The topological polar surface area (TPSA) is 29.9 Å². The highest BCUT2D eigenvalue weighted by Gasteiger charge is 2.39. The molecule has 1 heterocycles. The van der Waals surface area contributed by atoms with Gasteiger partial charge in [-0.25, -0.2) is 4.39 Å². The second kappa shape index (κ2) is 7.92. The van der Waals surface area contributed by atoms with Crippen LogP contribution in [0.25, 0.3) is 0 Å². The Balaban J connectivity index is 1.64. The SMILES string of the molecule is COC1CC(C2CCCc3[nH]c(=S)n(C4CCC(F)CC4)c32)CCC1Cl. The monoisotopic (exact) mass is 400 g/mol. The highest BCUT2D eigenvalue weighted by atomic mass is 35.5. The van der Waals surface area contributed by atoms with Gasteiger partial charge in [-0.1, -0.05) is 0 Å². The smallest absolute Gasteiger partial charge is 0.177 e. The molecule has 0 aliphatic heterocycles. The average molecular weight is 401 g/mol. The van der Waals surface area contributed by atoms with E-state index in [1.807, 2.05) is 0 Å². The van der Waals surface area contributed by atoms with E-state index in [1.54, 1.807) is 7.11 Å². The first-order chi connectivity index (χ1) is 12.6. The number of methoxy groups -OCH3 is 1. The molecule has 0 radical (unpaired) electrons. The molecule has 146 valence electrons. The lowest BCUT2D eigenvalue weighted by Crippen LogP contribution is -2.35. The molecule has 1 N–H and O–H groups in total. The second-order valence-electron chi connectivity index (χ2n) is 8.43. The van der Waals surface area contributed by atoms with E-state index in [0.717, 1.165) is 43.3 Å². The number of H-pyrrole nitrogens is 1. The van der Waals surface area contributed by atoms with E-state index in [0.29, 0.717) is 30.7 Å². The maximum atomic E-state index is 13.7. The molecule has 3 aliphatic carbocycles. The Hall–Kier alpha value is -0.390. The number of hydrogen-bond acceptors (Lipinski definition) is 2. The van der Waals surface area contributed by atoms with Crippen molar-refractivity contribution in [1.29, 1.82) is 0 Å². The summed E-state index contributed by atoms with van der Waals surface area (Å²) in [4.78, 5) is 3.50. The number of fused-ring (bicyclic) bond motifs is 1. The number of aryl methyl sites for hydroxylation is 1. The normalized spacial score (nSPS) is 38.1. The summed E-state index contributed by atoms with van der Waals surface area (Å²) >= 11 is 12.2.